The number of methoxy groups -OCH3 is 1. The maximum Gasteiger partial charge on any atom is 0.357 e. The summed E-state index contributed by atoms with van der Waals surface area (Å²) in [5.74, 6) is -0.370. The molecule has 18 heavy (non-hydrogen) atoms. The Hall–Kier alpha value is -1.20. The number of esters is 1. The zero-order valence-corrected chi connectivity index (χ0v) is 12.5. The lowest BCUT2D eigenvalue weighted by Crippen LogP contribution is -2.03. The Labute approximate surface area is 118 Å². The van der Waals surface area contributed by atoms with E-state index in [9.17, 15) is 4.79 Å². The normalized spacial score (nSPS) is 10.4. The maximum absolute atomic E-state index is 11.5. The number of aromatic nitrogens is 1. The third kappa shape index (κ3) is 2.97. The van der Waals surface area contributed by atoms with Crippen LogP contribution in [0, 0.1) is 6.92 Å². The van der Waals surface area contributed by atoms with Crippen LogP contribution in [-0.2, 0) is 11.2 Å². The van der Waals surface area contributed by atoms with Crippen molar-refractivity contribution in [1.29, 1.82) is 0 Å². The van der Waals surface area contributed by atoms with E-state index in [2.05, 4.69) is 20.9 Å². The van der Waals surface area contributed by atoms with E-state index in [4.69, 9.17) is 4.74 Å². The molecule has 0 atom stereocenters. The minimum absolute atomic E-state index is 0.370. The van der Waals surface area contributed by atoms with Crippen molar-refractivity contribution >= 4 is 33.2 Å². The number of nitrogens with zero attached hydrogens (tertiary/aromatic N) is 1. The van der Waals surface area contributed by atoms with Crippen LogP contribution in [0.3, 0.4) is 0 Å². The van der Waals surface area contributed by atoms with Crippen LogP contribution in [0.1, 0.15) is 25.9 Å². The molecule has 0 saturated heterocycles. The molecule has 0 bridgehead atoms. The molecule has 3 nitrogen and oxygen atoms in total. The van der Waals surface area contributed by atoms with Crippen LogP contribution in [0.4, 0.5) is 0 Å². The SMILES string of the molecule is COC(=O)c1nc(Cc2ccc(Br)cc2)sc1C. The second-order valence-corrected chi connectivity index (χ2v) is 6.01. The first-order valence-electron chi connectivity index (χ1n) is 5.39. The van der Waals surface area contributed by atoms with E-state index in [1.165, 1.54) is 24.0 Å². The minimum atomic E-state index is -0.370. The number of ether oxygens (including phenoxy) is 1. The van der Waals surface area contributed by atoms with Gasteiger partial charge in [0.1, 0.15) is 0 Å². The number of thiazole rings is 1. The summed E-state index contributed by atoms with van der Waals surface area (Å²) in [5.41, 5.74) is 1.60. The van der Waals surface area contributed by atoms with Crippen LogP contribution >= 0.6 is 27.3 Å². The lowest BCUT2D eigenvalue weighted by atomic mass is 10.2. The molecule has 94 valence electrons. The average Bonchev–Trinajstić information content (AvgIpc) is 2.72. The molecule has 0 amide bonds. The van der Waals surface area contributed by atoms with Crippen LogP contribution in [0.15, 0.2) is 28.7 Å². The lowest BCUT2D eigenvalue weighted by Gasteiger charge is -1.97. The number of hydrogen-bond acceptors (Lipinski definition) is 4. The molecule has 1 aromatic carbocycles. The molecule has 2 rings (SSSR count). The van der Waals surface area contributed by atoms with E-state index in [1.807, 2.05) is 31.2 Å². The first kappa shape index (κ1) is 13.2. The highest BCUT2D eigenvalue weighted by Crippen LogP contribution is 2.21. The molecule has 0 N–H and O–H groups in total. The molecular formula is C13H12BrNO2S. The second-order valence-electron chi connectivity index (χ2n) is 3.81. The Morgan fingerprint density at radius 3 is 2.67 bits per heavy atom. The minimum Gasteiger partial charge on any atom is -0.464 e. The van der Waals surface area contributed by atoms with Crippen LogP contribution in [0.25, 0.3) is 0 Å². The Kier molecular flexibility index (Phi) is 4.14. The van der Waals surface area contributed by atoms with Gasteiger partial charge in [0, 0.05) is 15.8 Å². The van der Waals surface area contributed by atoms with Gasteiger partial charge in [0.25, 0.3) is 0 Å². The third-order valence-corrected chi connectivity index (χ3v) is 3.99. The highest BCUT2D eigenvalue weighted by Gasteiger charge is 2.15. The number of carbonyl (C=O) groups excluding carboxylic acids is 1. The Balaban J connectivity index is 2.20. The van der Waals surface area contributed by atoms with Gasteiger partial charge >= 0.3 is 5.97 Å². The van der Waals surface area contributed by atoms with Crippen molar-refractivity contribution in [1.82, 2.24) is 4.98 Å². The van der Waals surface area contributed by atoms with Crippen LogP contribution in [-0.4, -0.2) is 18.1 Å². The fourth-order valence-electron chi connectivity index (χ4n) is 1.59. The first-order valence-corrected chi connectivity index (χ1v) is 7.00. The predicted octanol–water partition coefficient (Wildman–Crippen LogP) is 3.59. The topological polar surface area (TPSA) is 39.2 Å². The van der Waals surface area contributed by atoms with Gasteiger partial charge in [-0.2, -0.15) is 0 Å². The summed E-state index contributed by atoms with van der Waals surface area (Å²) < 4.78 is 5.75. The van der Waals surface area contributed by atoms with E-state index in [1.54, 1.807) is 0 Å². The van der Waals surface area contributed by atoms with Gasteiger partial charge in [-0.25, -0.2) is 9.78 Å². The summed E-state index contributed by atoms with van der Waals surface area (Å²) in [6, 6.07) is 8.07. The van der Waals surface area contributed by atoms with Crippen LogP contribution in [0.2, 0.25) is 0 Å². The van der Waals surface area contributed by atoms with Crippen molar-refractivity contribution < 1.29 is 9.53 Å². The number of carbonyl (C=O) groups is 1. The molecule has 0 saturated carbocycles. The van der Waals surface area contributed by atoms with E-state index < -0.39 is 0 Å². The molecule has 0 spiro atoms. The highest BCUT2D eigenvalue weighted by atomic mass is 79.9. The fraction of sp³-hybridized carbons (Fsp3) is 0.231. The van der Waals surface area contributed by atoms with Gasteiger partial charge in [0.05, 0.1) is 12.1 Å². The van der Waals surface area contributed by atoms with Crippen molar-refractivity contribution in [2.24, 2.45) is 0 Å². The average molecular weight is 326 g/mol. The molecular weight excluding hydrogens is 314 g/mol. The number of benzene rings is 1. The first-order chi connectivity index (χ1) is 8.60. The zero-order chi connectivity index (χ0) is 13.1. The summed E-state index contributed by atoms with van der Waals surface area (Å²) in [7, 11) is 1.37. The molecule has 1 aromatic heterocycles. The molecule has 5 heteroatoms. The van der Waals surface area contributed by atoms with Gasteiger partial charge < -0.3 is 4.74 Å². The summed E-state index contributed by atoms with van der Waals surface area (Å²) in [6.07, 6.45) is 0.732. The van der Waals surface area contributed by atoms with Crippen molar-refractivity contribution in [2.45, 2.75) is 13.3 Å². The standard InChI is InChI=1S/C13H12BrNO2S/c1-8-12(13(16)17-2)15-11(18-8)7-9-3-5-10(14)6-4-9/h3-6H,7H2,1-2H3. The van der Waals surface area contributed by atoms with Gasteiger partial charge in [-0.3, -0.25) is 0 Å². The summed E-state index contributed by atoms with van der Waals surface area (Å²) in [4.78, 5) is 16.7. The smallest absolute Gasteiger partial charge is 0.357 e. The van der Waals surface area contributed by atoms with Crippen molar-refractivity contribution in [3.63, 3.8) is 0 Å². The van der Waals surface area contributed by atoms with Crippen molar-refractivity contribution in [3.05, 3.63) is 49.9 Å². The highest BCUT2D eigenvalue weighted by molar-refractivity contribution is 9.10. The summed E-state index contributed by atoms with van der Waals surface area (Å²) >= 11 is 4.93. The van der Waals surface area contributed by atoms with Gasteiger partial charge in [-0.1, -0.05) is 28.1 Å². The van der Waals surface area contributed by atoms with Crippen LogP contribution in [0.5, 0.6) is 0 Å². The maximum atomic E-state index is 11.5. The van der Waals surface area contributed by atoms with E-state index in [-0.39, 0.29) is 5.97 Å². The van der Waals surface area contributed by atoms with Crippen molar-refractivity contribution in [3.8, 4) is 0 Å². The number of aryl methyl sites for hydroxylation is 1. The Morgan fingerprint density at radius 2 is 2.06 bits per heavy atom. The number of rotatable bonds is 3. The molecule has 0 fully saturated rings. The predicted molar refractivity (Wildman–Crippen MR) is 75.1 cm³/mol. The van der Waals surface area contributed by atoms with Gasteiger partial charge in [-0.15, -0.1) is 11.3 Å². The van der Waals surface area contributed by atoms with E-state index in [0.717, 1.165) is 20.8 Å². The van der Waals surface area contributed by atoms with Gasteiger partial charge in [0.2, 0.25) is 0 Å². The molecule has 0 aliphatic carbocycles. The van der Waals surface area contributed by atoms with Gasteiger partial charge in [-0.05, 0) is 24.6 Å². The van der Waals surface area contributed by atoms with Gasteiger partial charge in [0.15, 0.2) is 5.69 Å². The largest absolute Gasteiger partial charge is 0.464 e. The summed E-state index contributed by atoms with van der Waals surface area (Å²) in [6.45, 7) is 1.88. The molecule has 0 aliphatic heterocycles. The monoisotopic (exact) mass is 325 g/mol. The molecule has 2 aromatic rings. The lowest BCUT2D eigenvalue weighted by molar-refractivity contribution is 0.0594. The summed E-state index contributed by atoms with van der Waals surface area (Å²) in [5, 5.41) is 0.926. The number of halogens is 1. The third-order valence-electron chi connectivity index (χ3n) is 2.49. The Bertz CT molecular complexity index is 563. The van der Waals surface area contributed by atoms with Crippen molar-refractivity contribution in [2.75, 3.05) is 7.11 Å². The fourth-order valence-corrected chi connectivity index (χ4v) is 2.81. The van der Waals surface area contributed by atoms with E-state index >= 15 is 0 Å². The van der Waals surface area contributed by atoms with Crippen LogP contribution < -0.4 is 0 Å². The molecule has 0 unspecified atom stereocenters. The molecule has 0 radical (unpaired) electrons. The zero-order valence-electron chi connectivity index (χ0n) is 10.1. The molecule has 0 aliphatic rings. The van der Waals surface area contributed by atoms with E-state index in [0.29, 0.717) is 5.69 Å². The Morgan fingerprint density at radius 1 is 1.39 bits per heavy atom. The quantitative estimate of drug-likeness (QED) is 0.809. The molecule has 1 heterocycles. The second kappa shape index (κ2) is 5.63. The number of hydrogen-bond donors (Lipinski definition) is 0.